The summed E-state index contributed by atoms with van der Waals surface area (Å²) in [6.07, 6.45) is 5.45. The summed E-state index contributed by atoms with van der Waals surface area (Å²) in [5, 5.41) is 12.5. The van der Waals surface area contributed by atoms with Crippen molar-refractivity contribution in [3.8, 4) is 0 Å². The number of nitrogens with one attached hydrogen (secondary N) is 1. The highest BCUT2D eigenvalue weighted by Gasteiger charge is 2.23. The molecule has 0 atom stereocenters. The largest absolute Gasteiger partial charge is 0.393 e. The molecule has 0 bridgehead atoms. The van der Waals surface area contributed by atoms with Gasteiger partial charge in [-0.15, -0.1) is 0 Å². The summed E-state index contributed by atoms with van der Waals surface area (Å²) >= 11 is 0. The van der Waals surface area contributed by atoms with Crippen LogP contribution in [0.3, 0.4) is 0 Å². The van der Waals surface area contributed by atoms with E-state index in [1.807, 2.05) is 0 Å². The maximum atomic E-state index is 11.9. The van der Waals surface area contributed by atoms with Crippen LogP contribution in [0.15, 0.2) is 0 Å². The highest BCUT2D eigenvalue weighted by Crippen LogP contribution is 2.23. The Hall–Kier alpha value is -0.610. The van der Waals surface area contributed by atoms with Crippen LogP contribution in [-0.4, -0.2) is 36.9 Å². The molecule has 0 aromatic heterocycles. The second-order valence-electron chi connectivity index (χ2n) is 5.31. The molecule has 1 aliphatic heterocycles. The molecule has 1 saturated carbocycles. The van der Waals surface area contributed by atoms with Crippen LogP contribution in [0.5, 0.6) is 0 Å². The zero-order valence-electron chi connectivity index (χ0n) is 10.4. The Bertz CT molecular complexity index is 243. The lowest BCUT2D eigenvalue weighted by Crippen LogP contribution is -2.38. The predicted octanol–water partition coefficient (Wildman–Crippen LogP) is 1.08. The molecule has 17 heavy (non-hydrogen) atoms. The first kappa shape index (κ1) is 12.8. The van der Waals surface area contributed by atoms with E-state index in [0.29, 0.717) is 19.1 Å². The third-order valence-corrected chi connectivity index (χ3v) is 3.97. The van der Waals surface area contributed by atoms with E-state index in [2.05, 4.69) is 5.32 Å². The molecule has 0 radical (unpaired) electrons. The molecule has 1 amide bonds. The first-order chi connectivity index (χ1) is 8.25. The second kappa shape index (κ2) is 6.36. The van der Waals surface area contributed by atoms with Gasteiger partial charge in [-0.25, -0.2) is 0 Å². The van der Waals surface area contributed by atoms with E-state index in [9.17, 15) is 9.90 Å². The number of ether oxygens (including phenoxy) is 1. The van der Waals surface area contributed by atoms with E-state index in [1.54, 1.807) is 0 Å². The summed E-state index contributed by atoms with van der Waals surface area (Å²) in [4.78, 5) is 11.9. The van der Waals surface area contributed by atoms with Gasteiger partial charge in [0, 0.05) is 25.7 Å². The average molecular weight is 241 g/mol. The van der Waals surface area contributed by atoms with Gasteiger partial charge in [-0.1, -0.05) is 0 Å². The average Bonchev–Trinajstić information content (AvgIpc) is 2.39. The first-order valence-corrected chi connectivity index (χ1v) is 6.79. The van der Waals surface area contributed by atoms with Crippen LogP contribution < -0.4 is 5.32 Å². The summed E-state index contributed by atoms with van der Waals surface area (Å²) in [6.45, 7) is 2.21. The SMILES string of the molecule is O=C(NCC1CCC(O)CC1)C1CCOCC1. The van der Waals surface area contributed by atoms with E-state index < -0.39 is 0 Å². The van der Waals surface area contributed by atoms with Gasteiger partial charge < -0.3 is 15.2 Å². The van der Waals surface area contributed by atoms with E-state index in [0.717, 1.165) is 45.1 Å². The Morgan fingerprint density at radius 1 is 1.12 bits per heavy atom. The van der Waals surface area contributed by atoms with Crippen molar-refractivity contribution in [2.45, 2.75) is 44.6 Å². The van der Waals surface area contributed by atoms with E-state index in [4.69, 9.17) is 4.74 Å². The Morgan fingerprint density at radius 3 is 2.41 bits per heavy atom. The molecule has 2 aliphatic rings. The first-order valence-electron chi connectivity index (χ1n) is 6.79. The fourth-order valence-corrected chi connectivity index (χ4v) is 2.70. The summed E-state index contributed by atoms with van der Waals surface area (Å²) in [7, 11) is 0. The number of amides is 1. The summed E-state index contributed by atoms with van der Waals surface area (Å²) < 4.78 is 5.25. The van der Waals surface area contributed by atoms with Crippen molar-refractivity contribution >= 4 is 5.91 Å². The fourth-order valence-electron chi connectivity index (χ4n) is 2.70. The van der Waals surface area contributed by atoms with Crippen molar-refractivity contribution in [3.63, 3.8) is 0 Å². The minimum atomic E-state index is -0.113. The molecule has 1 saturated heterocycles. The van der Waals surface area contributed by atoms with Crippen LogP contribution in [0, 0.1) is 11.8 Å². The smallest absolute Gasteiger partial charge is 0.223 e. The molecule has 1 heterocycles. The molecule has 0 aromatic rings. The Labute approximate surface area is 103 Å². The van der Waals surface area contributed by atoms with Crippen molar-refractivity contribution in [2.24, 2.45) is 11.8 Å². The minimum Gasteiger partial charge on any atom is -0.393 e. The zero-order chi connectivity index (χ0) is 12.1. The monoisotopic (exact) mass is 241 g/mol. The molecule has 2 N–H and O–H groups in total. The van der Waals surface area contributed by atoms with Gasteiger partial charge in [0.15, 0.2) is 0 Å². The van der Waals surface area contributed by atoms with E-state index in [-0.39, 0.29) is 17.9 Å². The third-order valence-electron chi connectivity index (χ3n) is 3.97. The quantitative estimate of drug-likeness (QED) is 0.777. The highest BCUT2D eigenvalue weighted by atomic mass is 16.5. The van der Waals surface area contributed by atoms with Crippen molar-refractivity contribution in [1.29, 1.82) is 0 Å². The Morgan fingerprint density at radius 2 is 1.76 bits per heavy atom. The predicted molar refractivity (Wildman–Crippen MR) is 64.5 cm³/mol. The number of carbonyl (C=O) groups excluding carboxylic acids is 1. The van der Waals surface area contributed by atoms with Gasteiger partial charge in [-0.3, -0.25) is 4.79 Å². The maximum absolute atomic E-state index is 11.9. The number of aliphatic hydroxyl groups excluding tert-OH is 1. The molecule has 4 nitrogen and oxygen atoms in total. The number of hydrogen-bond donors (Lipinski definition) is 2. The van der Waals surface area contributed by atoms with Crippen LogP contribution >= 0.6 is 0 Å². The highest BCUT2D eigenvalue weighted by molar-refractivity contribution is 5.78. The number of carbonyl (C=O) groups is 1. The van der Waals surface area contributed by atoms with E-state index in [1.165, 1.54) is 0 Å². The molecule has 98 valence electrons. The van der Waals surface area contributed by atoms with Crippen molar-refractivity contribution in [3.05, 3.63) is 0 Å². The molecule has 2 fully saturated rings. The lowest BCUT2D eigenvalue weighted by Gasteiger charge is -2.27. The Balaban J connectivity index is 1.65. The van der Waals surface area contributed by atoms with Crippen molar-refractivity contribution < 1.29 is 14.6 Å². The van der Waals surface area contributed by atoms with Crippen LogP contribution in [0.1, 0.15) is 38.5 Å². The summed E-state index contributed by atoms with van der Waals surface area (Å²) in [5.41, 5.74) is 0. The van der Waals surface area contributed by atoms with Gasteiger partial charge in [-0.05, 0) is 44.4 Å². The molecular weight excluding hydrogens is 218 g/mol. The normalized spacial score (nSPS) is 31.1. The standard InChI is InChI=1S/C13H23NO3/c15-12-3-1-10(2-4-12)9-14-13(16)11-5-7-17-8-6-11/h10-12,15H,1-9H2,(H,14,16). The van der Waals surface area contributed by atoms with Crippen LogP contribution in [0.2, 0.25) is 0 Å². The van der Waals surface area contributed by atoms with Gasteiger partial charge in [0.25, 0.3) is 0 Å². The number of aliphatic hydroxyl groups is 1. The molecule has 1 aliphatic carbocycles. The summed E-state index contributed by atoms with van der Waals surface area (Å²) in [5.74, 6) is 0.902. The number of hydrogen-bond acceptors (Lipinski definition) is 3. The fraction of sp³-hybridized carbons (Fsp3) is 0.923. The number of rotatable bonds is 3. The lowest BCUT2D eigenvalue weighted by molar-refractivity contribution is -0.128. The Kier molecular flexibility index (Phi) is 4.80. The molecule has 0 aromatic carbocycles. The minimum absolute atomic E-state index is 0.113. The second-order valence-corrected chi connectivity index (χ2v) is 5.31. The van der Waals surface area contributed by atoms with Crippen molar-refractivity contribution in [2.75, 3.05) is 19.8 Å². The molecule has 0 unspecified atom stereocenters. The third kappa shape index (κ3) is 3.96. The van der Waals surface area contributed by atoms with Crippen molar-refractivity contribution in [1.82, 2.24) is 5.32 Å². The molecular formula is C13H23NO3. The van der Waals surface area contributed by atoms with Gasteiger partial charge in [0.2, 0.25) is 5.91 Å². The molecule has 4 heteroatoms. The van der Waals surface area contributed by atoms with Gasteiger partial charge >= 0.3 is 0 Å². The topological polar surface area (TPSA) is 58.6 Å². The van der Waals surface area contributed by atoms with Gasteiger partial charge in [-0.2, -0.15) is 0 Å². The van der Waals surface area contributed by atoms with Gasteiger partial charge in [0.05, 0.1) is 6.10 Å². The van der Waals surface area contributed by atoms with Crippen LogP contribution in [0.4, 0.5) is 0 Å². The maximum Gasteiger partial charge on any atom is 0.223 e. The molecule has 2 rings (SSSR count). The molecule has 0 spiro atoms. The van der Waals surface area contributed by atoms with Crippen LogP contribution in [-0.2, 0) is 9.53 Å². The zero-order valence-corrected chi connectivity index (χ0v) is 10.4. The van der Waals surface area contributed by atoms with Crippen LogP contribution in [0.25, 0.3) is 0 Å². The summed E-state index contributed by atoms with van der Waals surface area (Å²) in [6, 6.07) is 0. The van der Waals surface area contributed by atoms with E-state index >= 15 is 0 Å². The lowest BCUT2D eigenvalue weighted by atomic mass is 9.87. The van der Waals surface area contributed by atoms with Gasteiger partial charge in [0.1, 0.15) is 0 Å².